The van der Waals surface area contributed by atoms with Crippen molar-refractivity contribution in [1.29, 1.82) is 0 Å². The number of ether oxygens (including phenoxy) is 2. The summed E-state index contributed by atoms with van der Waals surface area (Å²) in [5.41, 5.74) is 4.09. The molecule has 3 aromatic carbocycles. The molecule has 0 aliphatic carbocycles. The van der Waals surface area contributed by atoms with Crippen molar-refractivity contribution in [2.45, 2.75) is 26.4 Å². The molecule has 5 rings (SSSR count). The highest BCUT2D eigenvalue weighted by Gasteiger charge is 2.27. The SMILES string of the molecule is COc1ccc(CN2CCCn3nc(C)c(-c4ccccc4Oc4ccccc4)c32)cc1O. The molecule has 1 aliphatic heterocycles. The van der Waals surface area contributed by atoms with Gasteiger partial charge in [0.25, 0.3) is 0 Å². The van der Waals surface area contributed by atoms with Crippen molar-refractivity contribution in [3.8, 4) is 34.1 Å². The number of para-hydroxylation sites is 2. The molecule has 0 saturated carbocycles. The van der Waals surface area contributed by atoms with E-state index < -0.39 is 0 Å². The molecule has 1 aliphatic rings. The second-order valence-electron chi connectivity index (χ2n) is 8.20. The molecule has 0 fully saturated rings. The van der Waals surface area contributed by atoms with Crippen LogP contribution in [-0.4, -0.2) is 28.5 Å². The molecular weight excluding hydrogens is 414 g/mol. The van der Waals surface area contributed by atoms with Crippen LogP contribution in [0.1, 0.15) is 17.7 Å². The van der Waals surface area contributed by atoms with E-state index >= 15 is 0 Å². The Kier molecular flexibility index (Phi) is 5.65. The van der Waals surface area contributed by atoms with Crippen molar-refractivity contribution < 1.29 is 14.6 Å². The Hall–Kier alpha value is -3.93. The van der Waals surface area contributed by atoms with Crippen molar-refractivity contribution in [3.05, 3.63) is 84.1 Å². The van der Waals surface area contributed by atoms with Gasteiger partial charge in [-0.1, -0.05) is 42.5 Å². The van der Waals surface area contributed by atoms with Crippen LogP contribution in [-0.2, 0) is 13.1 Å². The van der Waals surface area contributed by atoms with E-state index in [9.17, 15) is 5.11 Å². The summed E-state index contributed by atoms with van der Waals surface area (Å²) in [6.45, 7) is 4.50. The number of rotatable bonds is 6. The van der Waals surface area contributed by atoms with Gasteiger partial charge in [0.1, 0.15) is 17.3 Å². The van der Waals surface area contributed by atoms with Crippen LogP contribution in [0.2, 0.25) is 0 Å². The minimum atomic E-state index is 0.151. The molecule has 168 valence electrons. The molecule has 0 amide bonds. The molecule has 6 heteroatoms. The maximum Gasteiger partial charge on any atom is 0.160 e. The number of fused-ring (bicyclic) bond motifs is 1. The first-order valence-electron chi connectivity index (χ1n) is 11.1. The largest absolute Gasteiger partial charge is 0.504 e. The predicted molar refractivity (Wildman–Crippen MR) is 129 cm³/mol. The molecule has 6 nitrogen and oxygen atoms in total. The maximum atomic E-state index is 10.3. The third kappa shape index (κ3) is 4.12. The van der Waals surface area contributed by atoms with Crippen molar-refractivity contribution in [2.75, 3.05) is 18.6 Å². The Morgan fingerprint density at radius 2 is 1.73 bits per heavy atom. The van der Waals surface area contributed by atoms with Crippen LogP contribution in [0, 0.1) is 6.92 Å². The molecule has 0 saturated heterocycles. The van der Waals surface area contributed by atoms with E-state index in [0.29, 0.717) is 12.3 Å². The lowest BCUT2D eigenvalue weighted by molar-refractivity contribution is 0.373. The first-order valence-corrected chi connectivity index (χ1v) is 11.1. The van der Waals surface area contributed by atoms with Gasteiger partial charge in [-0.15, -0.1) is 0 Å². The fraction of sp³-hybridized carbons (Fsp3) is 0.222. The zero-order chi connectivity index (χ0) is 22.8. The Bertz CT molecular complexity index is 1270. The molecule has 2 heterocycles. The van der Waals surface area contributed by atoms with E-state index in [-0.39, 0.29) is 5.75 Å². The number of nitrogens with zero attached hydrogens (tertiary/aromatic N) is 3. The van der Waals surface area contributed by atoms with Crippen LogP contribution >= 0.6 is 0 Å². The van der Waals surface area contributed by atoms with E-state index in [2.05, 4.69) is 22.6 Å². The number of aryl methyl sites for hydroxylation is 2. The van der Waals surface area contributed by atoms with Crippen LogP contribution in [0.3, 0.4) is 0 Å². The van der Waals surface area contributed by atoms with Crippen molar-refractivity contribution >= 4 is 5.82 Å². The summed E-state index contributed by atoms with van der Waals surface area (Å²) in [5.74, 6) is 3.31. The molecular formula is C27H27N3O3. The standard InChI is InChI=1S/C27H27N3O3/c1-19-26(22-11-6-7-12-24(22)33-21-9-4-3-5-10-21)27-29(15-8-16-30(27)28-19)18-20-13-14-25(32-2)23(31)17-20/h3-7,9-14,17,31H,8,15-16,18H2,1-2H3. The number of aromatic hydroxyl groups is 1. The summed E-state index contributed by atoms with van der Waals surface area (Å²) in [5, 5.41) is 15.1. The number of anilines is 1. The highest BCUT2D eigenvalue weighted by molar-refractivity contribution is 5.83. The number of phenols is 1. The molecule has 0 bridgehead atoms. The maximum absolute atomic E-state index is 10.3. The molecule has 0 atom stereocenters. The molecule has 1 aromatic heterocycles. The molecule has 0 spiro atoms. The van der Waals surface area contributed by atoms with Gasteiger partial charge in [0, 0.05) is 25.2 Å². The summed E-state index contributed by atoms with van der Waals surface area (Å²) in [4.78, 5) is 2.33. The summed E-state index contributed by atoms with van der Waals surface area (Å²) in [7, 11) is 1.56. The number of phenolic OH excluding ortho intramolecular Hbond substituents is 1. The molecule has 33 heavy (non-hydrogen) atoms. The second kappa shape index (κ2) is 8.90. The van der Waals surface area contributed by atoms with Gasteiger partial charge in [0.05, 0.1) is 18.4 Å². The predicted octanol–water partition coefficient (Wildman–Crippen LogP) is 5.78. The minimum Gasteiger partial charge on any atom is -0.504 e. The van der Waals surface area contributed by atoms with Crippen LogP contribution in [0.25, 0.3) is 11.1 Å². The van der Waals surface area contributed by atoms with E-state index in [0.717, 1.165) is 59.2 Å². The molecule has 0 radical (unpaired) electrons. The number of benzene rings is 3. The normalized spacial score (nSPS) is 13.0. The van der Waals surface area contributed by atoms with E-state index in [4.69, 9.17) is 14.6 Å². The summed E-state index contributed by atoms with van der Waals surface area (Å²) in [6.07, 6.45) is 1.01. The third-order valence-electron chi connectivity index (χ3n) is 5.94. The van der Waals surface area contributed by atoms with Crippen molar-refractivity contribution in [1.82, 2.24) is 9.78 Å². The van der Waals surface area contributed by atoms with Gasteiger partial charge in [0.2, 0.25) is 0 Å². The lowest BCUT2D eigenvalue weighted by atomic mass is 10.0. The average Bonchev–Trinajstić information content (AvgIpc) is 3.17. The van der Waals surface area contributed by atoms with Gasteiger partial charge in [-0.3, -0.25) is 0 Å². The Morgan fingerprint density at radius 3 is 2.52 bits per heavy atom. The van der Waals surface area contributed by atoms with Gasteiger partial charge < -0.3 is 19.5 Å². The zero-order valence-corrected chi connectivity index (χ0v) is 18.9. The minimum absolute atomic E-state index is 0.151. The first kappa shape index (κ1) is 20.9. The van der Waals surface area contributed by atoms with Gasteiger partial charge in [-0.2, -0.15) is 5.10 Å². The topological polar surface area (TPSA) is 59.8 Å². The Labute approximate surface area is 193 Å². The van der Waals surface area contributed by atoms with Crippen molar-refractivity contribution in [3.63, 3.8) is 0 Å². The van der Waals surface area contributed by atoms with Crippen molar-refractivity contribution in [2.24, 2.45) is 0 Å². The van der Waals surface area contributed by atoms with E-state index in [1.165, 1.54) is 0 Å². The van der Waals surface area contributed by atoms with Crippen LogP contribution in [0.4, 0.5) is 5.82 Å². The molecule has 0 unspecified atom stereocenters. The third-order valence-corrected chi connectivity index (χ3v) is 5.94. The fourth-order valence-electron chi connectivity index (χ4n) is 4.47. The van der Waals surface area contributed by atoms with Gasteiger partial charge in [0.15, 0.2) is 11.5 Å². The first-order chi connectivity index (χ1) is 16.1. The monoisotopic (exact) mass is 441 g/mol. The van der Waals surface area contributed by atoms with Crippen LogP contribution in [0.15, 0.2) is 72.8 Å². The highest BCUT2D eigenvalue weighted by Crippen LogP contribution is 2.42. The number of hydrogen-bond acceptors (Lipinski definition) is 5. The van der Waals surface area contributed by atoms with Crippen LogP contribution in [0.5, 0.6) is 23.0 Å². The number of aromatic nitrogens is 2. The smallest absolute Gasteiger partial charge is 0.160 e. The second-order valence-corrected chi connectivity index (χ2v) is 8.20. The Balaban J connectivity index is 1.54. The van der Waals surface area contributed by atoms with Gasteiger partial charge in [-0.25, -0.2) is 4.68 Å². The fourth-order valence-corrected chi connectivity index (χ4v) is 4.47. The number of hydrogen-bond donors (Lipinski definition) is 1. The van der Waals surface area contributed by atoms with E-state index in [1.807, 2.05) is 54.6 Å². The lowest BCUT2D eigenvalue weighted by Gasteiger charge is -2.31. The summed E-state index contributed by atoms with van der Waals surface area (Å²) >= 11 is 0. The summed E-state index contributed by atoms with van der Waals surface area (Å²) < 4.78 is 13.6. The zero-order valence-electron chi connectivity index (χ0n) is 18.9. The van der Waals surface area contributed by atoms with Gasteiger partial charge >= 0.3 is 0 Å². The summed E-state index contributed by atoms with van der Waals surface area (Å²) in [6, 6.07) is 23.5. The molecule has 4 aromatic rings. The Morgan fingerprint density at radius 1 is 0.939 bits per heavy atom. The molecule has 1 N–H and O–H groups in total. The van der Waals surface area contributed by atoms with Gasteiger partial charge in [-0.05, 0) is 49.2 Å². The average molecular weight is 442 g/mol. The quantitative estimate of drug-likeness (QED) is 0.411. The highest BCUT2D eigenvalue weighted by atomic mass is 16.5. The van der Waals surface area contributed by atoms with E-state index in [1.54, 1.807) is 19.2 Å². The number of methoxy groups -OCH3 is 1. The van der Waals surface area contributed by atoms with Crippen LogP contribution < -0.4 is 14.4 Å². The lowest BCUT2D eigenvalue weighted by Crippen LogP contribution is -2.32.